The predicted octanol–water partition coefficient (Wildman–Crippen LogP) is 1.46. The van der Waals surface area contributed by atoms with E-state index in [2.05, 4.69) is 5.32 Å². The number of nitrogens with one attached hydrogen (secondary N) is 1. The quantitative estimate of drug-likeness (QED) is 0.770. The van der Waals surface area contributed by atoms with Crippen molar-refractivity contribution >= 4 is 11.9 Å². The lowest BCUT2D eigenvalue weighted by Gasteiger charge is -2.30. The molecule has 0 amide bonds. The SMILES string of the molecule is COC(=O)C1=C(C)NC(C)=C(C(=O)OC)C1c1ccc(OC)c(OC)c1.O. The number of benzene rings is 1. The summed E-state index contributed by atoms with van der Waals surface area (Å²) in [6.45, 7) is 3.52. The van der Waals surface area contributed by atoms with Crippen LogP contribution in [0.15, 0.2) is 40.7 Å². The average Bonchev–Trinajstić information content (AvgIpc) is 2.65. The van der Waals surface area contributed by atoms with Crippen LogP contribution in [0.25, 0.3) is 0 Å². The summed E-state index contributed by atoms with van der Waals surface area (Å²) in [4.78, 5) is 24.9. The number of dihydropyridines is 1. The van der Waals surface area contributed by atoms with E-state index in [9.17, 15) is 9.59 Å². The molecule has 148 valence electrons. The number of carbonyl (C=O) groups is 2. The van der Waals surface area contributed by atoms with E-state index in [0.717, 1.165) is 0 Å². The van der Waals surface area contributed by atoms with Crippen LogP contribution in [0.5, 0.6) is 11.5 Å². The van der Waals surface area contributed by atoms with Crippen LogP contribution in [0, 0.1) is 0 Å². The first-order valence-corrected chi connectivity index (χ1v) is 7.96. The second-order valence-corrected chi connectivity index (χ2v) is 5.73. The molecule has 0 aliphatic carbocycles. The van der Waals surface area contributed by atoms with E-state index in [-0.39, 0.29) is 5.48 Å². The van der Waals surface area contributed by atoms with Crippen molar-refractivity contribution < 1.29 is 34.0 Å². The topological polar surface area (TPSA) is 115 Å². The molecule has 3 N–H and O–H groups in total. The lowest BCUT2D eigenvalue weighted by molar-refractivity contribution is -0.137. The summed E-state index contributed by atoms with van der Waals surface area (Å²) in [6, 6.07) is 5.25. The van der Waals surface area contributed by atoms with Gasteiger partial charge in [0.15, 0.2) is 11.5 Å². The van der Waals surface area contributed by atoms with Crippen LogP contribution in [-0.2, 0) is 19.1 Å². The standard InChI is InChI=1S/C19H23NO6.H2O/c1-10-15(18(21)25-5)17(16(11(2)20-10)19(22)26-6)12-7-8-13(23-3)14(9-12)24-4;/h7-9,17,20H,1-6H3;1H2. The Kier molecular flexibility index (Phi) is 7.42. The third-order valence-corrected chi connectivity index (χ3v) is 4.31. The van der Waals surface area contributed by atoms with Crippen molar-refractivity contribution in [3.8, 4) is 11.5 Å². The van der Waals surface area contributed by atoms with E-state index in [1.54, 1.807) is 32.0 Å². The van der Waals surface area contributed by atoms with E-state index in [4.69, 9.17) is 18.9 Å². The van der Waals surface area contributed by atoms with Gasteiger partial charge in [-0.15, -0.1) is 0 Å². The highest BCUT2D eigenvalue weighted by atomic mass is 16.5. The molecule has 1 aromatic carbocycles. The number of methoxy groups -OCH3 is 4. The maximum absolute atomic E-state index is 12.5. The molecule has 0 aromatic heterocycles. The van der Waals surface area contributed by atoms with E-state index < -0.39 is 17.9 Å². The third-order valence-electron chi connectivity index (χ3n) is 4.31. The fraction of sp³-hybridized carbons (Fsp3) is 0.368. The molecule has 1 aliphatic rings. The second kappa shape index (κ2) is 9.09. The Hall–Kier alpha value is -3.00. The molecular formula is C19H25NO7. The smallest absolute Gasteiger partial charge is 0.336 e. The van der Waals surface area contributed by atoms with Gasteiger partial charge in [-0.25, -0.2) is 9.59 Å². The first-order chi connectivity index (χ1) is 12.4. The predicted molar refractivity (Wildman–Crippen MR) is 98.5 cm³/mol. The molecule has 0 unspecified atom stereocenters. The van der Waals surface area contributed by atoms with Crippen molar-refractivity contribution in [3.05, 3.63) is 46.3 Å². The molecule has 0 atom stereocenters. The highest BCUT2D eigenvalue weighted by Gasteiger charge is 2.37. The minimum atomic E-state index is -0.657. The van der Waals surface area contributed by atoms with Gasteiger partial charge in [0.1, 0.15) is 0 Å². The van der Waals surface area contributed by atoms with E-state index in [1.807, 2.05) is 0 Å². The van der Waals surface area contributed by atoms with Crippen LogP contribution in [0.1, 0.15) is 25.3 Å². The molecule has 0 spiro atoms. The van der Waals surface area contributed by atoms with Gasteiger partial charge in [-0.1, -0.05) is 6.07 Å². The van der Waals surface area contributed by atoms with Crippen molar-refractivity contribution in [2.75, 3.05) is 28.4 Å². The Morgan fingerprint density at radius 2 is 1.33 bits per heavy atom. The fourth-order valence-corrected chi connectivity index (χ4v) is 3.12. The summed E-state index contributed by atoms with van der Waals surface area (Å²) >= 11 is 0. The molecule has 1 heterocycles. The minimum absolute atomic E-state index is 0. The number of ether oxygens (including phenoxy) is 4. The van der Waals surface area contributed by atoms with Crippen molar-refractivity contribution in [2.24, 2.45) is 0 Å². The van der Waals surface area contributed by atoms with Gasteiger partial charge in [-0.3, -0.25) is 0 Å². The van der Waals surface area contributed by atoms with Crippen molar-refractivity contribution in [1.29, 1.82) is 0 Å². The maximum Gasteiger partial charge on any atom is 0.336 e. The van der Waals surface area contributed by atoms with Crippen LogP contribution >= 0.6 is 0 Å². The first-order valence-electron chi connectivity index (χ1n) is 7.96. The molecular weight excluding hydrogens is 354 g/mol. The first kappa shape index (κ1) is 22.0. The summed E-state index contributed by atoms with van der Waals surface area (Å²) < 4.78 is 20.5. The number of esters is 2. The molecule has 2 rings (SSSR count). The lowest BCUT2D eigenvalue weighted by Crippen LogP contribution is -2.32. The Morgan fingerprint density at radius 1 is 0.852 bits per heavy atom. The van der Waals surface area contributed by atoms with Gasteiger partial charge in [-0.2, -0.15) is 0 Å². The third kappa shape index (κ3) is 4.06. The number of hydrogen-bond donors (Lipinski definition) is 1. The van der Waals surface area contributed by atoms with Crippen molar-refractivity contribution in [1.82, 2.24) is 5.32 Å². The summed E-state index contributed by atoms with van der Waals surface area (Å²) in [7, 11) is 5.67. The van der Waals surface area contributed by atoms with Gasteiger partial charge in [0.2, 0.25) is 0 Å². The summed E-state index contributed by atoms with van der Waals surface area (Å²) in [5, 5.41) is 3.06. The molecule has 0 fully saturated rings. The minimum Gasteiger partial charge on any atom is -0.493 e. The zero-order valence-electron chi connectivity index (χ0n) is 16.3. The Bertz CT molecular complexity index is 757. The van der Waals surface area contributed by atoms with Gasteiger partial charge < -0.3 is 29.7 Å². The van der Waals surface area contributed by atoms with Crippen LogP contribution in [0.4, 0.5) is 0 Å². The van der Waals surface area contributed by atoms with Crippen LogP contribution in [-0.4, -0.2) is 45.9 Å². The Balaban J connectivity index is 0.00000364. The number of carbonyl (C=O) groups excluding carboxylic acids is 2. The van der Waals surface area contributed by atoms with Gasteiger partial charge in [0.25, 0.3) is 0 Å². The highest BCUT2D eigenvalue weighted by Crippen LogP contribution is 2.41. The summed E-state index contributed by atoms with van der Waals surface area (Å²) in [5.74, 6) is -0.665. The normalized spacial score (nSPS) is 14.1. The van der Waals surface area contributed by atoms with Gasteiger partial charge in [0, 0.05) is 11.4 Å². The monoisotopic (exact) mass is 379 g/mol. The molecule has 0 bridgehead atoms. The zero-order chi connectivity index (χ0) is 19.4. The molecule has 1 aliphatic heterocycles. The molecule has 27 heavy (non-hydrogen) atoms. The van der Waals surface area contributed by atoms with Crippen LogP contribution < -0.4 is 14.8 Å². The molecule has 1 aromatic rings. The summed E-state index contributed by atoms with van der Waals surface area (Å²) in [6.07, 6.45) is 0. The van der Waals surface area contributed by atoms with E-state index in [1.165, 1.54) is 28.4 Å². The molecule has 0 radical (unpaired) electrons. The van der Waals surface area contributed by atoms with Crippen molar-refractivity contribution in [2.45, 2.75) is 19.8 Å². The Labute approximate surface area is 158 Å². The average molecular weight is 379 g/mol. The van der Waals surface area contributed by atoms with Gasteiger partial charge in [0.05, 0.1) is 45.5 Å². The summed E-state index contributed by atoms with van der Waals surface area (Å²) in [5.41, 5.74) is 2.59. The Morgan fingerprint density at radius 3 is 1.74 bits per heavy atom. The molecule has 0 saturated heterocycles. The van der Waals surface area contributed by atoms with E-state index in [0.29, 0.717) is 39.6 Å². The molecule has 8 heteroatoms. The van der Waals surface area contributed by atoms with Crippen LogP contribution in [0.2, 0.25) is 0 Å². The number of allylic oxidation sites excluding steroid dienone is 2. The lowest BCUT2D eigenvalue weighted by atomic mass is 9.80. The maximum atomic E-state index is 12.5. The second-order valence-electron chi connectivity index (χ2n) is 5.73. The van der Waals surface area contributed by atoms with Gasteiger partial charge in [-0.05, 0) is 31.5 Å². The highest BCUT2D eigenvalue weighted by molar-refractivity contribution is 5.99. The van der Waals surface area contributed by atoms with Crippen molar-refractivity contribution in [3.63, 3.8) is 0 Å². The zero-order valence-corrected chi connectivity index (χ0v) is 16.3. The van der Waals surface area contributed by atoms with E-state index >= 15 is 0 Å². The molecule has 8 nitrogen and oxygen atoms in total. The number of hydrogen-bond acceptors (Lipinski definition) is 7. The molecule has 0 saturated carbocycles. The largest absolute Gasteiger partial charge is 0.493 e. The van der Waals surface area contributed by atoms with Crippen LogP contribution in [0.3, 0.4) is 0 Å². The van der Waals surface area contributed by atoms with Gasteiger partial charge >= 0.3 is 11.9 Å². The number of rotatable bonds is 5. The fourth-order valence-electron chi connectivity index (χ4n) is 3.12.